The average molecular weight is 575 g/mol. The number of halogens is 2. The van der Waals surface area contributed by atoms with Crippen LogP contribution in [0.1, 0.15) is 21.7 Å². The number of nitrogens with zero attached hydrogens (tertiary/aromatic N) is 1. The number of nitrogens with one attached hydrogen (secondary N) is 1. The smallest absolute Gasteiger partial charge is 0.307 e. The first-order valence-corrected chi connectivity index (χ1v) is 10.9. The summed E-state index contributed by atoms with van der Waals surface area (Å²) in [6.45, 7) is 0.483. The maximum Gasteiger partial charge on any atom is 0.307 e. The van der Waals surface area contributed by atoms with Crippen LogP contribution in [0.4, 0.5) is 0 Å². The van der Waals surface area contributed by atoms with Gasteiger partial charge in [0.05, 0.1) is 14.3 Å². The van der Waals surface area contributed by atoms with Crippen LogP contribution in [0.15, 0.2) is 86.8 Å². The molecule has 5 nitrogen and oxygen atoms in total. The first kappa shape index (κ1) is 20.6. The number of furan rings is 1. The quantitative estimate of drug-likeness (QED) is 0.171. The second kappa shape index (κ2) is 9.44. The minimum absolute atomic E-state index is 0.216. The van der Waals surface area contributed by atoms with E-state index in [9.17, 15) is 4.79 Å². The number of fused-ring (bicyclic) bond motifs is 1. The van der Waals surface area contributed by atoms with Crippen LogP contribution in [-0.2, 0) is 6.61 Å². The Bertz CT molecular complexity index is 1170. The molecule has 4 aromatic rings. The fraction of sp³-hybridized carbons (Fsp3) is 0.0435. The van der Waals surface area contributed by atoms with Crippen molar-refractivity contribution in [2.75, 3.05) is 0 Å². The third kappa shape index (κ3) is 4.91. The van der Waals surface area contributed by atoms with Crippen LogP contribution in [0.25, 0.3) is 11.0 Å². The van der Waals surface area contributed by atoms with Crippen molar-refractivity contribution in [3.8, 4) is 5.75 Å². The van der Waals surface area contributed by atoms with Gasteiger partial charge in [0, 0.05) is 5.39 Å². The van der Waals surface area contributed by atoms with Crippen molar-refractivity contribution >= 4 is 61.6 Å². The molecule has 0 aliphatic heterocycles. The number of rotatable bonds is 6. The lowest BCUT2D eigenvalue weighted by molar-refractivity contribution is 0.0929. The minimum atomic E-state index is -0.404. The largest absolute Gasteiger partial charge is 0.487 e. The zero-order chi connectivity index (χ0) is 20.9. The van der Waals surface area contributed by atoms with Gasteiger partial charge in [0.15, 0.2) is 5.76 Å². The Morgan fingerprint density at radius 1 is 1.10 bits per heavy atom. The van der Waals surface area contributed by atoms with Crippen LogP contribution in [0.3, 0.4) is 0 Å². The molecule has 0 saturated heterocycles. The first-order chi connectivity index (χ1) is 14.6. The van der Waals surface area contributed by atoms with Gasteiger partial charge in [0.25, 0.3) is 0 Å². The van der Waals surface area contributed by atoms with Crippen LogP contribution in [0, 0.1) is 3.57 Å². The van der Waals surface area contributed by atoms with Gasteiger partial charge in [-0.05, 0) is 73.9 Å². The Morgan fingerprint density at radius 2 is 1.87 bits per heavy atom. The van der Waals surface area contributed by atoms with Crippen LogP contribution in [0.5, 0.6) is 5.75 Å². The van der Waals surface area contributed by atoms with E-state index in [4.69, 9.17) is 9.15 Å². The Labute approximate surface area is 195 Å². The van der Waals surface area contributed by atoms with E-state index in [1.165, 1.54) is 0 Å². The highest BCUT2D eigenvalue weighted by Gasteiger charge is 2.12. The molecule has 3 aromatic carbocycles. The molecule has 0 aliphatic rings. The molecular weight excluding hydrogens is 559 g/mol. The SMILES string of the molecule is O=C(N/N=C/c1cc(Br)c(OCc2ccccc2)c(I)c1)c1cc2ccccc2o1. The monoisotopic (exact) mass is 574 g/mol. The maximum atomic E-state index is 12.3. The molecule has 0 atom stereocenters. The second-order valence-electron chi connectivity index (χ2n) is 6.44. The summed E-state index contributed by atoms with van der Waals surface area (Å²) in [7, 11) is 0. The van der Waals surface area contributed by atoms with E-state index in [0.717, 1.165) is 30.3 Å². The molecule has 150 valence electrons. The predicted molar refractivity (Wildman–Crippen MR) is 129 cm³/mol. The lowest BCUT2D eigenvalue weighted by Crippen LogP contribution is -2.16. The topological polar surface area (TPSA) is 63.8 Å². The van der Waals surface area contributed by atoms with Crippen molar-refractivity contribution in [3.63, 3.8) is 0 Å². The molecule has 1 amide bonds. The average Bonchev–Trinajstić information content (AvgIpc) is 3.18. The number of para-hydroxylation sites is 1. The zero-order valence-electron chi connectivity index (χ0n) is 15.6. The standard InChI is InChI=1S/C23H16BrIN2O3/c24-18-10-16(11-19(25)22(18)29-14-15-6-2-1-3-7-15)13-26-27-23(28)21-12-17-8-4-5-9-20(17)30-21/h1-13H,14H2,(H,27,28)/b26-13+. The molecule has 0 unspecified atom stereocenters. The number of benzene rings is 3. The van der Waals surface area contributed by atoms with E-state index in [1.807, 2.05) is 66.7 Å². The molecule has 0 radical (unpaired) electrons. The number of hydrogen-bond acceptors (Lipinski definition) is 4. The van der Waals surface area contributed by atoms with E-state index in [1.54, 1.807) is 12.3 Å². The molecule has 1 N–H and O–H groups in total. The summed E-state index contributed by atoms with van der Waals surface area (Å²) in [6.07, 6.45) is 1.58. The molecule has 1 aromatic heterocycles. The summed E-state index contributed by atoms with van der Waals surface area (Å²) in [5, 5.41) is 4.92. The van der Waals surface area contributed by atoms with Crippen molar-refractivity contribution in [1.29, 1.82) is 0 Å². The highest BCUT2D eigenvalue weighted by atomic mass is 127. The normalized spacial score (nSPS) is 11.1. The summed E-state index contributed by atoms with van der Waals surface area (Å²) >= 11 is 5.77. The molecule has 30 heavy (non-hydrogen) atoms. The molecule has 0 spiro atoms. The van der Waals surface area contributed by atoms with Crippen LogP contribution < -0.4 is 10.2 Å². The lowest BCUT2D eigenvalue weighted by Gasteiger charge is -2.11. The Morgan fingerprint density at radius 3 is 2.63 bits per heavy atom. The Hall–Kier alpha value is -2.65. The second-order valence-corrected chi connectivity index (χ2v) is 8.45. The molecule has 0 saturated carbocycles. The Kier molecular flexibility index (Phi) is 6.49. The van der Waals surface area contributed by atoms with Crippen molar-refractivity contribution in [3.05, 3.63) is 97.7 Å². The highest BCUT2D eigenvalue weighted by molar-refractivity contribution is 14.1. The van der Waals surface area contributed by atoms with Crippen LogP contribution >= 0.6 is 38.5 Å². The zero-order valence-corrected chi connectivity index (χ0v) is 19.4. The highest BCUT2D eigenvalue weighted by Crippen LogP contribution is 2.32. The summed E-state index contributed by atoms with van der Waals surface area (Å²) < 4.78 is 13.2. The van der Waals surface area contributed by atoms with Gasteiger partial charge in [-0.2, -0.15) is 5.10 Å². The van der Waals surface area contributed by atoms with E-state index >= 15 is 0 Å². The van der Waals surface area contributed by atoms with Crippen molar-refractivity contribution in [1.82, 2.24) is 5.43 Å². The third-order valence-corrected chi connectivity index (χ3v) is 5.67. The molecular formula is C23H16BrIN2O3. The molecule has 0 bridgehead atoms. The van der Waals surface area contributed by atoms with E-state index in [0.29, 0.717) is 12.2 Å². The van der Waals surface area contributed by atoms with Crippen molar-refractivity contribution in [2.24, 2.45) is 5.10 Å². The molecule has 0 aliphatic carbocycles. The molecule has 7 heteroatoms. The number of carbonyl (C=O) groups excluding carboxylic acids is 1. The van der Waals surface area contributed by atoms with Crippen molar-refractivity contribution < 1.29 is 13.9 Å². The Balaban J connectivity index is 1.41. The molecule has 1 heterocycles. The fourth-order valence-electron chi connectivity index (χ4n) is 2.84. The number of ether oxygens (including phenoxy) is 1. The number of hydrazone groups is 1. The summed E-state index contributed by atoms with van der Waals surface area (Å²) in [6, 6.07) is 23.0. The third-order valence-electron chi connectivity index (χ3n) is 4.28. The van der Waals surface area contributed by atoms with Gasteiger partial charge in [-0.15, -0.1) is 0 Å². The number of amides is 1. The first-order valence-electron chi connectivity index (χ1n) is 9.08. The molecule has 0 fully saturated rings. The predicted octanol–water partition coefficient (Wildman–Crippen LogP) is 6.14. The van der Waals surface area contributed by atoms with Gasteiger partial charge in [-0.1, -0.05) is 48.5 Å². The summed E-state index contributed by atoms with van der Waals surface area (Å²) in [5.74, 6) is 0.579. The van der Waals surface area contributed by atoms with Crippen LogP contribution in [-0.4, -0.2) is 12.1 Å². The van der Waals surface area contributed by atoms with Crippen molar-refractivity contribution in [2.45, 2.75) is 6.61 Å². The van der Waals surface area contributed by atoms with Gasteiger partial charge in [-0.25, -0.2) is 5.43 Å². The van der Waals surface area contributed by atoms with Gasteiger partial charge in [0.2, 0.25) is 0 Å². The minimum Gasteiger partial charge on any atom is -0.487 e. The maximum absolute atomic E-state index is 12.3. The molecule has 4 rings (SSSR count). The van der Waals surface area contributed by atoms with Crippen LogP contribution in [0.2, 0.25) is 0 Å². The van der Waals surface area contributed by atoms with Gasteiger partial charge in [0.1, 0.15) is 17.9 Å². The van der Waals surface area contributed by atoms with E-state index in [-0.39, 0.29) is 5.76 Å². The van der Waals surface area contributed by atoms with Gasteiger partial charge >= 0.3 is 5.91 Å². The number of hydrogen-bond donors (Lipinski definition) is 1. The van der Waals surface area contributed by atoms with E-state index in [2.05, 4.69) is 49.0 Å². The van der Waals surface area contributed by atoms with E-state index < -0.39 is 5.91 Å². The summed E-state index contributed by atoms with van der Waals surface area (Å²) in [4.78, 5) is 12.3. The lowest BCUT2D eigenvalue weighted by atomic mass is 10.2. The van der Waals surface area contributed by atoms with Gasteiger partial charge < -0.3 is 9.15 Å². The van der Waals surface area contributed by atoms with Gasteiger partial charge in [-0.3, -0.25) is 4.79 Å². The fourth-order valence-corrected chi connectivity index (χ4v) is 4.60. The number of carbonyl (C=O) groups is 1. The summed E-state index contributed by atoms with van der Waals surface area (Å²) in [5.41, 5.74) is 5.08.